The first-order valence-electron chi connectivity index (χ1n) is 14.2. The van der Waals surface area contributed by atoms with Crippen LogP contribution in [0.15, 0.2) is 48.5 Å². The van der Waals surface area contributed by atoms with Crippen LogP contribution in [-0.4, -0.2) is 69.1 Å². The lowest BCUT2D eigenvalue weighted by molar-refractivity contribution is -0.140. The number of anilines is 1. The van der Waals surface area contributed by atoms with Crippen LogP contribution in [0, 0.1) is 11.3 Å². The Labute approximate surface area is 261 Å². The number of carbonyl (C=O) groups is 2. The number of likely N-dealkylation sites (tertiary alicyclic amines) is 1. The number of hydrogen-bond acceptors (Lipinski definition) is 8. The summed E-state index contributed by atoms with van der Waals surface area (Å²) in [6, 6.07) is 11.3. The Bertz CT molecular complexity index is 1540. The van der Waals surface area contributed by atoms with Crippen LogP contribution in [-0.2, 0) is 30.5 Å². The molecule has 0 aliphatic carbocycles. The summed E-state index contributed by atoms with van der Waals surface area (Å²) in [5.41, 5.74) is -1.30. The first kappa shape index (κ1) is 35.2. The molecule has 0 atom stereocenters. The predicted octanol–water partition coefficient (Wildman–Crippen LogP) is 5.77. The molecule has 10 nitrogen and oxygen atoms in total. The molecule has 3 rings (SSSR count). The number of nitrogens with zero attached hydrogens (tertiary/aromatic N) is 3. The van der Waals surface area contributed by atoms with Crippen molar-refractivity contribution in [3.8, 4) is 11.8 Å². The summed E-state index contributed by atoms with van der Waals surface area (Å²) in [6.45, 7) is 6.65. The minimum absolute atomic E-state index is 0.0789. The van der Waals surface area contributed by atoms with Crippen LogP contribution in [0.4, 0.5) is 23.7 Å². The molecular formula is C31H36F3N3O7S. The van der Waals surface area contributed by atoms with Crippen LogP contribution in [0.3, 0.4) is 0 Å². The third kappa shape index (κ3) is 10.4. The number of nitriles is 1. The van der Waals surface area contributed by atoms with Gasteiger partial charge in [0.1, 0.15) is 17.5 Å². The van der Waals surface area contributed by atoms with E-state index in [1.165, 1.54) is 30.0 Å². The van der Waals surface area contributed by atoms with E-state index in [1.54, 1.807) is 45.0 Å². The Kier molecular flexibility index (Phi) is 11.5. The maximum atomic E-state index is 14.3. The average Bonchev–Trinajstić information content (AvgIpc) is 2.94. The molecule has 0 unspecified atom stereocenters. The second-order valence-electron chi connectivity index (χ2n) is 11.2. The summed E-state index contributed by atoms with van der Waals surface area (Å²) in [7, 11) is -4.50. The molecule has 1 aliphatic heterocycles. The van der Waals surface area contributed by atoms with Crippen molar-refractivity contribution >= 4 is 33.8 Å². The van der Waals surface area contributed by atoms with E-state index < -0.39 is 63.6 Å². The fraction of sp³-hybridized carbons (Fsp3) is 0.452. The van der Waals surface area contributed by atoms with Crippen LogP contribution in [0.25, 0.3) is 6.08 Å². The van der Waals surface area contributed by atoms with Crippen molar-refractivity contribution < 1.29 is 45.4 Å². The van der Waals surface area contributed by atoms with Crippen molar-refractivity contribution in [1.29, 1.82) is 5.26 Å². The lowest BCUT2D eigenvalue weighted by Gasteiger charge is -2.34. The predicted molar refractivity (Wildman–Crippen MR) is 161 cm³/mol. The van der Waals surface area contributed by atoms with E-state index in [9.17, 15) is 31.2 Å². The summed E-state index contributed by atoms with van der Waals surface area (Å²) < 4.78 is 86.0. The summed E-state index contributed by atoms with van der Waals surface area (Å²) in [4.78, 5) is 25.9. The second-order valence-corrected chi connectivity index (χ2v) is 13.1. The number of benzene rings is 2. The molecule has 14 heteroatoms. The molecule has 2 aromatic rings. The fourth-order valence-corrected chi connectivity index (χ4v) is 5.75. The van der Waals surface area contributed by atoms with Gasteiger partial charge in [-0.25, -0.2) is 13.2 Å². The van der Waals surface area contributed by atoms with Crippen molar-refractivity contribution in [2.45, 2.75) is 58.4 Å². The van der Waals surface area contributed by atoms with Gasteiger partial charge in [-0.05, 0) is 63.6 Å². The van der Waals surface area contributed by atoms with Gasteiger partial charge in [-0.3, -0.25) is 9.10 Å². The number of alkyl halides is 3. The van der Waals surface area contributed by atoms with E-state index in [2.05, 4.69) is 0 Å². The van der Waals surface area contributed by atoms with Gasteiger partial charge in [0, 0.05) is 25.9 Å². The van der Waals surface area contributed by atoms with Crippen LogP contribution in [0.5, 0.6) is 5.75 Å². The standard InChI is InChI=1S/C31H36F3N3O7S/c1-5-42-28(38)21-45(40,41)37(15-7-10-22-8-6-9-23(18-22)20-35)24-11-12-27(26(19-24)31(32,33)34)43-25-13-16-36(17-14-25)29(39)44-30(2,3)4/h6-12,18-19,25H,5,13-17,21H2,1-4H3. The number of sulfonamides is 1. The number of piperidine rings is 1. The minimum atomic E-state index is -4.91. The maximum absolute atomic E-state index is 14.3. The molecule has 0 N–H and O–H groups in total. The van der Waals surface area contributed by atoms with Crippen LogP contribution < -0.4 is 9.04 Å². The molecule has 0 saturated carbocycles. The van der Waals surface area contributed by atoms with Crippen molar-refractivity contribution in [2.24, 2.45) is 0 Å². The van der Waals surface area contributed by atoms with Gasteiger partial charge in [0.25, 0.3) is 0 Å². The Morgan fingerprint density at radius 1 is 1.11 bits per heavy atom. The first-order chi connectivity index (χ1) is 21.0. The molecule has 0 spiro atoms. The van der Waals surface area contributed by atoms with Crippen molar-refractivity contribution in [2.75, 3.05) is 36.3 Å². The van der Waals surface area contributed by atoms with Gasteiger partial charge in [0.05, 0.1) is 36.0 Å². The van der Waals surface area contributed by atoms with Crippen LogP contribution in [0.1, 0.15) is 57.2 Å². The van der Waals surface area contributed by atoms with E-state index in [1.807, 2.05) is 6.07 Å². The van der Waals surface area contributed by atoms with Gasteiger partial charge in [-0.15, -0.1) is 0 Å². The maximum Gasteiger partial charge on any atom is 0.420 e. The van der Waals surface area contributed by atoms with Crippen molar-refractivity contribution in [3.63, 3.8) is 0 Å². The molecule has 1 heterocycles. The summed E-state index contributed by atoms with van der Waals surface area (Å²) in [5, 5.41) is 9.12. The molecule has 0 aromatic heterocycles. The van der Waals surface area contributed by atoms with E-state index >= 15 is 0 Å². The quantitative estimate of drug-likeness (QED) is 0.297. The molecule has 2 aromatic carbocycles. The molecule has 1 amide bonds. The zero-order chi connectivity index (χ0) is 33.4. The van der Waals surface area contributed by atoms with Crippen molar-refractivity contribution in [3.05, 3.63) is 65.2 Å². The number of ether oxygens (including phenoxy) is 3. The number of rotatable bonds is 10. The number of carbonyl (C=O) groups excluding carboxylic acids is 2. The number of esters is 1. The highest BCUT2D eigenvalue weighted by Gasteiger charge is 2.37. The first-order valence-corrected chi connectivity index (χ1v) is 15.8. The Hall–Kier alpha value is -4.25. The molecule has 45 heavy (non-hydrogen) atoms. The topological polar surface area (TPSA) is 126 Å². The molecule has 0 bridgehead atoms. The van der Waals surface area contributed by atoms with Crippen LogP contribution in [0.2, 0.25) is 0 Å². The zero-order valence-corrected chi connectivity index (χ0v) is 26.3. The molecule has 1 fully saturated rings. The Morgan fingerprint density at radius 3 is 2.40 bits per heavy atom. The number of hydrogen-bond donors (Lipinski definition) is 0. The normalized spacial score (nSPS) is 14.6. The highest BCUT2D eigenvalue weighted by Crippen LogP contribution is 2.40. The summed E-state index contributed by atoms with van der Waals surface area (Å²) >= 11 is 0. The summed E-state index contributed by atoms with van der Waals surface area (Å²) in [5.74, 6) is -2.63. The van der Waals surface area contributed by atoms with Crippen molar-refractivity contribution in [1.82, 2.24) is 4.90 Å². The zero-order valence-electron chi connectivity index (χ0n) is 25.5. The average molecular weight is 652 g/mol. The smallest absolute Gasteiger partial charge is 0.420 e. The second kappa shape index (κ2) is 14.7. The van der Waals surface area contributed by atoms with Gasteiger partial charge in [-0.2, -0.15) is 18.4 Å². The largest absolute Gasteiger partial charge is 0.490 e. The van der Waals surface area contributed by atoms with E-state index in [0.29, 0.717) is 21.5 Å². The third-order valence-electron chi connectivity index (χ3n) is 6.48. The number of halogens is 3. The van der Waals surface area contributed by atoms with Gasteiger partial charge in [0.15, 0.2) is 5.75 Å². The lowest BCUT2D eigenvalue weighted by Crippen LogP contribution is -2.44. The Morgan fingerprint density at radius 2 is 1.80 bits per heavy atom. The number of amides is 1. The van der Waals surface area contributed by atoms with Gasteiger partial charge >= 0.3 is 18.2 Å². The molecular weight excluding hydrogens is 615 g/mol. The SMILES string of the molecule is CCOC(=O)CS(=O)(=O)N(CC=Cc1cccc(C#N)c1)c1ccc(OC2CCN(C(=O)OC(C)(C)C)CC2)c(C(F)(F)F)c1. The van der Waals surface area contributed by atoms with Gasteiger partial charge in [0.2, 0.25) is 10.0 Å². The molecule has 1 saturated heterocycles. The van der Waals surface area contributed by atoms with E-state index in [-0.39, 0.29) is 38.2 Å². The van der Waals surface area contributed by atoms with Gasteiger partial charge in [-0.1, -0.05) is 24.3 Å². The lowest BCUT2D eigenvalue weighted by atomic mass is 10.1. The Balaban J connectivity index is 1.88. The summed E-state index contributed by atoms with van der Waals surface area (Å²) in [6.07, 6.45) is -2.63. The monoisotopic (exact) mass is 651 g/mol. The van der Waals surface area contributed by atoms with E-state index in [0.717, 1.165) is 6.07 Å². The molecule has 1 aliphatic rings. The molecule has 0 radical (unpaired) electrons. The third-order valence-corrected chi connectivity index (χ3v) is 8.11. The van der Waals surface area contributed by atoms with Crippen LogP contribution >= 0.6 is 0 Å². The minimum Gasteiger partial charge on any atom is -0.490 e. The fourth-order valence-electron chi connectivity index (χ4n) is 4.47. The highest BCUT2D eigenvalue weighted by atomic mass is 32.2. The highest BCUT2D eigenvalue weighted by molar-refractivity contribution is 7.93. The van der Waals surface area contributed by atoms with Gasteiger partial charge < -0.3 is 19.1 Å². The van der Waals surface area contributed by atoms with E-state index in [4.69, 9.17) is 19.5 Å². The molecule has 244 valence electrons.